The van der Waals surface area contributed by atoms with Gasteiger partial charge in [-0.25, -0.2) is 28.3 Å². The van der Waals surface area contributed by atoms with Crippen molar-refractivity contribution in [1.29, 1.82) is 0 Å². The molecule has 0 aliphatic rings. The van der Waals surface area contributed by atoms with Crippen LogP contribution in [0.2, 0.25) is 0 Å². The average Bonchev–Trinajstić information content (AvgIpc) is 3.20. The molecule has 11 heteroatoms. The molecule has 0 saturated heterocycles. The highest BCUT2D eigenvalue weighted by atomic mass is 32.2. The highest BCUT2D eigenvalue weighted by molar-refractivity contribution is 7.90. The maximum Gasteiger partial charge on any atom is 0.269 e. The Morgan fingerprint density at radius 1 is 0.933 bits per heavy atom. The van der Waals surface area contributed by atoms with Crippen LogP contribution in [0, 0.1) is 0 Å². The molecule has 2 amide bonds. The molecule has 0 fully saturated rings. The van der Waals surface area contributed by atoms with E-state index in [1.807, 2.05) is 0 Å². The van der Waals surface area contributed by atoms with E-state index in [4.69, 9.17) is 10.4 Å². The molecule has 3 rings (SSSR count). The van der Waals surface area contributed by atoms with Crippen LogP contribution >= 0.6 is 0 Å². The Bertz CT molecular complexity index is 1260. The van der Waals surface area contributed by atoms with E-state index in [-0.39, 0.29) is 10.5 Å². The zero-order valence-electron chi connectivity index (χ0n) is 15.3. The summed E-state index contributed by atoms with van der Waals surface area (Å²) in [4.78, 5) is 26.3. The topological polar surface area (TPSA) is 151 Å². The number of rotatable bonds is 6. The molecule has 0 saturated carbocycles. The zero-order valence-corrected chi connectivity index (χ0v) is 16.1. The van der Waals surface area contributed by atoms with Crippen LogP contribution in [0.25, 0.3) is 23.2 Å². The minimum absolute atomic E-state index is 0.0224. The molecular weight excluding hydrogens is 412 g/mol. The Hall–Kier alpha value is -3.80. The number of nitrogens with one attached hydrogen (secondary N) is 2. The number of fused-ring (bicyclic) bond motifs is 1. The number of nitrogens with zero attached hydrogens (tertiary/aromatic N) is 2. The highest BCUT2D eigenvalue weighted by Gasteiger charge is 2.19. The lowest BCUT2D eigenvalue weighted by molar-refractivity contribution is -0.124. The van der Waals surface area contributed by atoms with E-state index in [2.05, 4.69) is 4.98 Å². The number of pyridine rings is 1. The van der Waals surface area contributed by atoms with Gasteiger partial charge in [0.25, 0.3) is 21.8 Å². The fraction of sp³-hybridized carbons (Fsp3) is 0. The van der Waals surface area contributed by atoms with Crippen molar-refractivity contribution in [1.82, 2.24) is 19.9 Å². The van der Waals surface area contributed by atoms with Crippen molar-refractivity contribution in [2.24, 2.45) is 0 Å². The quantitative estimate of drug-likeness (QED) is 0.262. The second-order valence-electron chi connectivity index (χ2n) is 5.99. The molecule has 3 aromatic rings. The van der Waals surface area contributed by atoms with Crippen molar-refractivity contribution in [3.05, 3.63) is 72.1 Å². The molecule has 2 heterocycles. The van der Waals surface area contributed by atoms with E-state index >= 15 is 0 Å². The Morgan fingerprint density at radius 3 is 2.13 bits per heavy atom. The summed E-state index contributed by atoms with van der Waals surface area (Å²) in [7, 11) is -3.92. The van der Waals surface area contributed by atoms with Gasteiger partial charge in [-0.3, -0.25) is 20.0 Å². The van der Waals surface area contributed by atoms with Gasteiger partial charge < -0.3 is 0 Å². The van der Waals surface area contributed by atoms with Crippen molar-refractivity contribution in [3.63, 3.8) is 0 Å². The largest absolute Gasteiger partial charge is 0.288 e. The van der Waals surface area contributed by atoms with Crippen molar-refractivity contribution < 1.29 is 28.4 Å². The summed E-state index contributed by atoms with van der Waals surface area (Å²) < 4.78 is 27.0. The molecule has 0 spiro atoms. The monoisotopic (exact) mass is 428 g/mol. The first-order chi connectivity index (χ1) is 14.3. The smallest absolute Gasteiger partial charge is 0.269 e. The number of benzene rings is 1. The predicted octanol–water partition coefficient (Wildman–Crippen LogP) is 1.31. The summed E-state index contributed by atoms with van der Waals surface area (Å²) in [5.74, 6) is -1.41. The SMILES string of the molecule is O=C(/C=C/c1ccc(S(=O)(=O)n2ccc3cc(/C=C/C(=O)NO)cnc32)cc1)NO. The molecule has 0 radical (unpaired) electrons. The van der Waals surface area contributed by atoms with Gasteiger partial charge in [-0.15, -0.1) is 0 Å². The van der Waals surface area contributed by atoms with Crippen LogP contribution < -0.4 is 11.0 Å². The van der Waals surface area contributed by atoms with Crippen LogP contribution in [-0.2, 0) is 19.6 Å². The molecule has 0 atom stereocenters. The Labute approximate surface area is 170 Å². The van der Waals surface area contributed by atoms with Gasteiger partial charge in [0.1, 0.15) is 0 Å². The standard InChI is InChI=1S/C19H16N4O6S/c24-17(21-26)7-3-13-1-5-16(6-2-13)30(28,29)23-10-9-15-11-14(12-20-19(15)23)4-8-18(25)22-27/h1-12,26-27H,(H,21,24)(H,22,25)/b7-3+,8-4+. The number of carbonyl (C=O) groups is 2. The molecule has 1 aromatic carbocycles. The number of carbonyl (C=O) groups excluding carboxylic acids is 2. The summed E-state index contributed by atoms with van der Waals surface area (Å²) in [5.41, 5.74) is 4.25. The number of amides is 2. The van der Waals surface area contributed by atoms with E-state index in [1.165, 1.54) is 59.8 Å². The van der Waals surface area contributed by atoms with Gasteiger partial charge in [-0.05, 0) is 47.5 Å². The van der Waals surface area contributed by atoms with Crippen LogP contribution in [-0.4, -0.2) is 39.6 Å². The van der Waals surface area contributed by atoms with Crippen LogP contribution in [0.4, 0.5) is 0 Å². The fourth-order valence-corrected chi connectivity index (χ4v) is 3.89. The lowest BCUT2D eigenvalue weighted by Gasteiger charge is -2.07. The molecule has 154 valence electrons. The lowest BCUT2D eigenvalue weighted by Crippen LogP contribution is -2.14. The van der Waals surface area contributed by atoms with Gasteiger partial charge in [0.05, 0.1) is 4.90 Å². The molecule has 0 unspecified atom stereocenters. The summed E-state index contributed by atoms with van der Waals surface area (Å²) in [6, 6.07) is 9.04. The molecule has 4 N–H and O–H groups in total. The predicted molar refractivity (Wildman–Crippen MR) is 107 cm³/mol. The van der Waals surface area contributed by atoms with E-state index in [0.717, 1.165) is 16.1 Å². The second-order valence-corrected chi connectivity index (χ2v) is 7.80. The first-order valence-corrected chi connectivity index (χ1v) is 9.86. The zero-order chi connectivity index (χ0) is 21.7. The third kappa shape index (κ3) is 4.43. The number of aromatic nitrogens is 2. The number of hydrogen-bond donors (Lipinski definition) is 4. The van der Waals surface area contributed by atoms with Gasteiger partial charge in [-0.1, -0.05) is 12.1 Å². The van der Waals surface area contributed by atoms with Crippen molar-refractivity contribution >= 4 is 45.0 Å². The van der Waals surface area contributed by atoms with Crippen molar-refractivity contribution in [2.75, 3.05) is 0 Å². The Balaban J connectivity index is 1.90. The molecule has 10 nitrogen and oxygen atoms in total. The van der Waals surface area contributed by atoms with Crippen molar-refractivity contribution in [2.45, 2.75) is 4.90 Å². The highest BCUT2D eigenvalue weighted by Crippen LogP contribution is 2.22. The van der Waals surface area contributed by atoms with Gasteiger partial charge >= 0.3 is 0 Å². The van der Waals surface area contributed by atoms with Gasteiger partial charge in [0, 0.05) is 29.9 Å². The summed E-state index contributed by atoms with van der Waals surface area (Å²) in [5, 5.41) is 17.5. The normalized spacial score (nSPS) is 11.9. The summed E-state index contributed by atoms with van der Waals surface area (Å²) >= 11 is 0. The Kier molecular flexibility index (Phi) is 6.06. The molecule has 0 aliphatic heterocycles. The van der Waals surface area contributed by atoms with E-state index in [0.29, 0.717) is 16.5 Å². The maximum atomic E-state index is 13.0. The summed E-state index contributed by atoms with van der Waals surface area (Å²) in [6.07, 6.45) is 7.82. The van der Waals surface area contributed by atoms with Crippen LogP contribution in [0.5, 0.6) is 0 Å². The Morgan fingerprint density at radius 2 is 1.53 bits per heavy atom. The third-order valence-corrected chi connectivity index (χ3v) is 5.71. The number of hydrogen-bond acceptors (Lipinski definition) is 7. The van der Waals surface area contributed by atoms with Crippen LogP contribution in [0.1, 0.15) is 11.1 Å². The maximum absolute atomic E-state index is 13.0. The lowest BCUT2D eigenvalue weighted by atomic mass is 10.2. The minimum atomic E-state index is -3.92. The summed E-state index contributed by atoms with van der Waals surface area (Å²) in [6.45, 7) is 0. The van der Waals surface area contributed by atoms with Crippen molar-refractivity contribution in [3.8, 4) is 0 Å². The third-order valence-electron chi connectivity index (χ3n) is 4.03. The molecule has 0 bridgehead atoms. The van der Waals surface area contributed by atoms with Gasteiger partial charge in [0.2, 0.25) is 0 Å². The average molecular weight is 428 g/mol. The first kappa shape index (κ1) is 20.9. The minimum Gasteiger partial charge on any atom is -0.288 e. The second kappa shape index (κ2) is 8.69. The van der Waals surface area contributed by atoms with Crippen LogP contribution in [0.3, 0.4) is 0 Å². The van der Waals surface area contributed by atoms with E-state index < -0.39 is 21.8 Å². The fourth-order valence-electron chi connectivity index (χ4n) is 2.58. The molecule has 2 aromatic heterocycles. The van der Waals surface area contributed by atoms with Gasteiger partial charge in [0.15, 0.2) is 5.65 Å². The first-order valence-electron chi connectivity index (χ1n) is 8.42. The molecule has 30 heavy (non-hydrogen) atoms. The van der Waals surface area contributed by atoms with Crippen LogP contribution in [0.15, 0.2) is 65.8 Å². The van der Waals surface area contributed by atoms with E-state index in [1.54, 1.807) is 12.1 Å². The molecular formula is C19H16N4O6S. The molecule has 0 aliphatic carbocycles. The van der Waals surface area contributed by atoms with Gasteiger partial charge in [-0.2, -0.15) is 0 Å². The van der Waals surface area contributed by atoms with E-state index in [9.17, 15) is 18.0 Å². The number of hydroxylamine groups is 2.